The van der Waals surface area contributed by atoms with Gasteiger partial charge in [0.1, 0.15) is 0 Å². The summed E-state index contributed by atoms with van der Waals surface area (Å²) in [4.78, 5) is 3.62. The number of thiophene rings is 1. The molecule has 0 bridgehead atoms. The van der Waals surface area contributed by atoms with Crippen LogP contribution < -0.4 is 10.6 Å². The molecule has 5 heteroatoms. The zero-order chi connectivity index (χ0) is 13.7. The molecule has 1 heterocycles. The van der Waals surface area contributed by atoms with Crippen LogP contribution in [0.25, 0.3) is 0 Å². The van der Waals surface area contributed by atoms with Crippen molar-refractivity contribution >= 4 is 22.9 Å². The molecule has 4 nitrogen and oxygen atoms in total. The summed E-state index contributed by atoms with van der Waals surface area (Å²) >= 11 is 1.76. The van der Waals surface area contributed by atoms with Crippen LogP contribution in [0, 0.1) is 0 Å². The first kappa shape index (κ1) is 13.4. The number of oxime groups is 1. The first-order valence-corrected chi connectivity index (χ1v) is 6.98. The Morgan fingerprint density at radius 2 is 2.05 bits per heavy atom. The number of rotatable bonds is 5. The van der Waals surface area contributed by atoms with Gasteiger partial charge in [-0.3, -0.25) is 0 Å². The van der Waals surface area contributed by atoms with Gasteiger partial charge in [-0.25, -0.2) is 0 Å². The quantitative estimate of drug-likeness (QED) is 0.382. The summed E-state index contributed by atoms with van der Waals surface area (Å²) in [5.74, 6) is 0.132. The van der Waals surface area contributed by atoms with Crippen molar-refractivity contribution < 1.29 is 5.21 Å². The fourth-order valence-electron chi connectivity index (χ4n) is 1.88. The molecule has 0 fully saturated rings. The SMILES string of the molecule is CCN(Cc1cccs1)c1ccc(/C(N)=N/O)cc1. The minimum Gasteiger partial charge on any atom is -0.409 e. The van der Waals surface area contributed by atoms with Gasteiger partial charge >= 0.3 is 0 Å². The van der Waals surface area contributed by atoms with E-state index in [-0.39, 0.29) is 5.84 Å². The Bertz CT molecular complexity index is 534. The van der Waals surface area contributed by atoms with Crippen molar-refractivity contribution in [3.63, 3.8) is 0 Å². The van der Waals surface area contributed by atoms with E-state index in [1.54, 1.807) is 11.3 Å². The van der Waals surface area contributed by atoms with E-state index in [2.05, 4.69) is 34.5 Å². The number of benzene rings is 1. The lowest BCUT2D eigenvalue weighted by molar-refractivity contribution is 0.318. The molecule has 0 spiro atoms. The number of anilines is 1. The molecule has 0 aliphatic heterocycles. The predicted molar refractivity (Wildman–Crippen MR) is 80.0 cm³/mol. The fourth-order valence-corrected chi connectivity index (χ4v) is 2.60. The number of nitrogens with two attached hydrogens (primary N) is 1. The zero-order valence-electron chi connectivity index (χ0n) is 10.8. The summed E-state index contributed by atoms with van der Waals surface area (Å²) in [5, 5.41) is 13.7. The molecular formula is C14H17N3OS. The number of nitrogens with zero attached hydrogens (tertiary/aromatic N) is 2. The molecule has 0 aliphatic carbocycles. The van der Waals surface area contributed by atoms with Crippen LogP contribution in [0.5, 0.6) is 0 Å². The van der Waals surface area contributed by atoms with Crippen molar-refractivity contribution in [3.05, 3.63) is 52.2 Å². The van der Waals surface area contributed by atoms with Gasteiger partial charge in [0.05, 0.1) is 6.54 Å². The maximum Gasteiger partial charge on any atom is 0.170 e. The smallest absolute Gasteiger partial charge is 0.170 e. The van der Waals surface area contributed by atoms with Gasteiger partial charge in [-0.15, -0.1) is 11.3 Å². The molecule has 0 amide bonds. The van der Waals surface area contributed by atoms with E-state index < -0.39 is 0 Å². The van der Waals surface area contributed by atoms with Crippen molar-refractivity contribution in [2.75, 3.05) is 11.4 Å². The van der Waals surface area contributed by atoms with Gasteiger partial charge in [0, 0.05) is 22.7 Å². The second-order valence-corrected chi connectivity index (χ2v) is 5.16. The van der Waals surface area contributed by atoms with Gasteiger partial charge in [-0.1, -0.05) is 11.2 Å². The monoisotopic (exact) mass is 275 g/mol. The third-order valence-corrected chi connectivity index (χ3v) is 3.81. The molecule has 0 saturated carbocycles. The van der Waals surface area contributed by atoms with Crippen LogP contribution in [0.4, 0.5) is 5.69 Å². The van der Waals surface area contributed by atoms with Crippen LogP contribution in [0.15, 0.2) is 46.9 Å². The first-order chi connectivity index (χ1) is 9.24. The van der Waals surface area contributed by atoms with Crippen molar-refractivity contribution in [2.24, 2.45) is 10.9 Å². The molecule has 2 rings (SSSR count). The Balaban J connectivity index is 2.15. The molecule has 0 atom stereocenters. The summed E-state index contributed by atoms with van der Waals surface area (Å²) in [6.07, 6.45) is 0. The van der Waals surface area contributed by atoms with E-state index >= 15 is 0 Å². The van der Waals surface area contributed by atoms with E-state index in [4.69, 9.17) is 10.9 Å². The predicted octanol–water partition coefficient (Wildman–Crippen LogP) is 2.87. The highest BCUT2D eigenvalue weighted by atomic mass is 32.1. The van der Waals surface area contributed by atoms with Gasteiger partial charge < -0.3 is 15.8 Å². The van der Waals surface area contributed by atoms with E-state index in [9.17, 15) is 0 Å². The Labute approximate surface area is 116 Å². The summed E-state index contributed by atoms with van der Waals surface area (Å²) < 4.78 is 0. The normalized spacial score (nSPS) is 11.5. The van der Waals surface area contributed by atoms with Crippen molar-refractivity contribution in [1.29, 1.82) is 0 Å². The molecular weight excluding hydrogens is 258 g/mol. The molecule has 2 aromatic rings. The standard InChI is InChI=1S/C14H17N3OS/c1-2-17(10-13-4-3-9-19-13)12-7-5-11(6-8-12)14(15)16-18/h3-9,18H,2,10H2,1H3,(H2,15,16). The van der Waals surface area contributed by atoms with Gasteiger partial charge in [0.15, 0.2) is 5.84 Å². The number of hydrogen-bond donors (Lipinski definition) is 2. The van der Waals surface area contributed by atoms with E-state index in [1.165, 1.54) is 4.88 Å². The highest BCUT2D eigenvalue weighted by Gasteiger charge is 2.07. The van der Waals surface area contributed by atoms with Gasteiger partial charge in [0.25, 0.3) is 0 Å². The van der Waals surface area contributed by atoms with Crippen LogP contribution in [0.2, 0.25) is 0 Å². The van der Waals surface area contributed by atoms with Gasteiger partial charge in [-0.2, -0.15) is 0 Å². The van der Waals surface area contributed by atoms with Crippen LogP contribution in [-0.4, -0.2) is 17.6 Å². The first-order valence-electron chi connectivity index (χ1n) is 6.10. The maximum absolute atomic E-state index is 8.64. The Morgan fingerprint density at radius 3 is 2.58 bits per heavy atom. The topological polar surface area (TPSA) is 61.8 Å². The van der Waals surface area contributed by atoms with Crippen LogP contribution in [0.1, 0.15) is 17.4 Å². The lowest BCUT2D eigenvalue weighted by Gasteiger charge is -2.22. The third kappa shape index (κ3) is 3.26. The minimum atomic E-state index is 0.132. The van der Waals surface area contributed by atoms with Crippen LogP contribution >= 0.6 is 11.3 Å². The molecule has 1 aromatic carbocycles. The van der Waals surface area contributed by atoms with Gasteiger partial charge in [-0.05, 0) is 42.6 Å². The second kappa shape index (κ2) is 6.24. The lowest BCUT2D eigenvalue weighted by atomic mass is 10.2. The van der Waals surface area contributed by atoms with E-state index in [0.717, 1.165) is 24.3 Å². The molecule has 0 unspecified atom stereocenters. The lowest BCUT2D eigenvalue weighted by Crippen LogP contribution is -2.21. The third-order valence-electron chi connectivity index (χ3n) is 2.94. The molecule has 100 valence electrons. The maximum atomic E-state index is 8.64. The van der Waals surface area contributed by atoms with E-state index in [0.29, 0.717) is 0 Å². The van der Waals surface area contributed by atoms with Crippen molar-refractivity contribution in [3.8, 4) is 0 Å². The average molecular weight is 275 g/mol. The van der Waals surface area contributed by atoms with Crippen molar-refractivity contribution in [2.45, 2.75) is 13.5 Å². The largest absolute Gasteiger partial charge is 0.409 e. The Morgan fingerprint density at radius 1 is 1.32 bits per heavy atom. The Hall–Kier alpha value is -2.01. The molecule has 19 heavy (non-hydrogen) atoms. The van der Waals surface area contributed by atoms with Gasteiger partial charge in [0.2, 0.25) is 0 Å². The second-order valence-electron chi connectivity index (χ2n) is 4.13. The van der Waals surface area contributed by atoms with E-state index in [1.807, 2.05) is 24.3 Å². The summed E-state index contributed by atoms with van der Waals surface area (Å²) in [7, 11) is 0. The average Bonchev–Trinajstić information content (AvgIpc) is 2.97. The summed E-state index contributed by atoms with van der Waals surface area (Å²) in [5.41, 5.74) is 7.40. The van der Waals surface area contributed by atoms with Crippen LogP contribution in [-0.2, 0) is 6.54 Å². The molecule has 0 radical (unpaired) electrons. The summed E-state index contributed by atoms with van der Waals surface area (Å²) in [6.45, 7) is 3.96. The molecule has 0 saturated heterocycles. The number of amidine groups is 1. The number of hydrogen-bond acceptors (Lipinski definition) is 4. The Kier molecular flexibility index (Phi) is 4.41. The highest BCUT2D eigenvalue weighted by molar-refractivity contribution is 7.09. The highest BCUT2D eigenvalue weighted by Crippen LogP contribution is 2.20. The van der Waals surface area contributed by atoms with Crippen molar-refractivity contribution in [1.82, 2.24) is 0 Å². The molecule has 3 N–H and O–H groups in total. The fraction of sp³-hybridized carbons (Fsp3) is 0.214. The molecule has 1 aromatic heterocycles. The summed E-state index contributed by atoms with van der Waals surface area (Å²) in [6, 6.07) is 11.9. The van der Waals surface area contributed by atoms with Crippen LogP contribution in [0.3, 0.4) is 0 Å². The minimum absolute atomic E-state index is 0.132. The molecule has 0 aliphatic rings. The zero-order valence-corrected chi connectivity index (χ0v) is 11.6.